The molecule has 0 radical (unpaired) electrons. The van der Waals surface area contributed by atoms with E-state index in [1.165, 1.54) is 11.6 Å². The highest BCUT2D eigenvalue weighted by molar-refractivity contribution is 5.92. The second kappa shape index (κ2) is 6.70. The van der Waals surface area contributed by atoms with Crippen LogP contribution < -0.4 is 0 Å². The van der Waals surface area contributed by atoms with Gasteiger partial charge in [0, 0.05) is 37.3 Å². The smallest absolute Gasteiger partial charge is 0.246 e. The summed E-state index contributed by atoms with van der Waals surface area (Å²) < 4.78 is 7.74. The quantitative estimate of drug-likeness (QED) is 0.851. The van der Waals surface area contributed by atoms with E-state index in [-0.39, 0.29) is 11.8 Å². The number of ether oxygens (including phenoxy) is 1. The van der Waals surface area contributed by atoms with Gasteiger partial charge in [0.1, 0.15) is 11.7 Å². The van der Waals surface area contributed by atoms with Crippen LogP contribution in [0.2, 0.25) is 0 Å². The fourth-order valence-corrected chi connectivity index (χ4v) is 3.92. The average Bonchev–Trinajstić information content (AvgIpc) is 3.35. The van der Waals surface area contributed by atoms with Crippen LogP contribution in [0.3, 0.4) is 0 Å². The van der Waals surface area contributed by atoms with Crippen LogP contribution in [-0.2, 0) is 16.6 Å². The number of β-amino-alcohol motifs (C(OH)–C–C–N with tert-alkyl or cyclic N) is 1. The molecule has 0 saturated carbocycles. The Labute approximate surface area is 152 Å². The van der Waals surface area contributed by atoms with E-state index in [0.29, 0.717) is 19.7 Å². The molecule has 0 aliphatic carbocycles. The van der Waals surface area contributed by atoms with Crippen molar-refractivity contribution in [2.45, 2.75) is 24.0 Å². The van der Waals surface area contributed by atoms with Gasteiger partial charge in [-0.1, -0.05) is 30.3 Å². The third kappa shape index (κ3) is 3.18. The largest absolute Gasteiger partial charge is 0.388 e. The Morgan fingerprint density at radius 2 is 2.19 bits per heavy atom. The fourth-order valence-electron chi connectivity index (χ4n) is 3.92. The summed E-state index contributed by atoms with van der Waals surface area (Å²) in [5.74, 6) is 0.142. The molecule has 26 heavy (non-hydrogen) atoms. The molecule has 1 amide bonds. The highest BCUT2D eigenvalue weighted by atomic mass is 16.5. The van der Waals surface area contributed by atoms with Gasteiger partial charge in [0.15, 0.2) is 0 Å². The van der Waals surface area contributed by atoms with Crippen LogP contribution in [0.5, 0.6) is 0 Å². The highest BCUT2D eigenvalue weighted by Gasteiger charge is 2.52. The van der Waals surface area contributed by atoms with Gasteiger partial charge >= 0.3 is 0 Å². The summed E-state index contributed by atoms with van der Waals surface area (Å²) in [6.07, 6.45) is 6.89. The molecule has 1 aromatic heterocycles. The lowest BCUT2D eigenvalue weighted by Crippen LogP contribution is -2.41. The van der Waals surface area contributed by atoms with E-state index in [1.54, 1.807) is 21.9 Å². The molecule has 2 saturated heterocycles. The summed E-state index contributed by atoms with van der Waals surface area (Å²) in [5, 5.41) is 14.7. The number of hydrogen-bond donors (Lipinski definition) is 1. The monoisotopic (exact) mass is 353 g/mol. The number of hydrogen-bond acceptors (Lipinski definition) is 4. The number of likely N-dealkylation sites (tertiary alicyclic amines) is 1. The Hall–Kier alpha value is -2.44. The zero-order valence-electron chi connectivity index (χ0n) is 14.8. The van der Waals surface area contributed by atoms with Crippen molar-refractivity contribution in [2.24, 2.45) is 7.05 Å². The molecule has 0 bridgehead atoms. The molecule has 3 heterocycles. The average molecular weight is 353 g/mol. The van der Waals surface area contributed by atoms with Crippen molar-refractivity contribution in [3.8, 4) is 0 Å². The van der Waals surface area contributed by atoms with Crippen molar-refractivity contribution >= 4 is 12.0 Å². The highest BCUT2D eigenvalue weighted by Crippen LogP contribution is 2.42. The van der Waals surface area contributed by atoms with Crippen LogP contribution in [0.15, 0.2) is 48.8 Å². The van der Waals surface area contributed by atoms with Crippen molar-refractivity contribution in [1.29, 1.82) is 0 Å². The minimum Gasteiger partial charge on any atom is -0.388 e. The van der Waals surface area contributed by atoms with Crippen LogP contribution in [0.1, 0.15) is 23.5 Å². The lowest BCUT2D eigenvalue weighted by Gasteiger charge is -2.25. The first kappa shape index (κ1) is 17.0. The fraction of sp³-hybridized carbons (Fsp3) is 0.400. The molecule has 2 aromatic rings. The molecule has 4 rings (SSSR count). The van der Waals surface area contributed by atoms with E-state index in [0.717, 1.165) is 12.0 Å². The molecule has 2 aliphatic rings. The summed E-state index contributed by atoms with van der Waals surface area (Å²) in [6.45, 7) is 1.31. The van der Waals surface area contributed by atoms with Crippen LogP contribution in [0.25, 0.3) is 6.08 Å². The summed E-state index contributed by atoms with van der Waals surface area (Å²) in [6, 6.07) is 10.2. The normalized spacial score (nSPS) is 28.5. The molecular weight excluding hydrogens is 330 g/mol. The predicted molar refractivity (Wildman–Crippen MR) is 97.3 cm³/mol. The summed E-state index contributed by atoms with van der Waals surface area (Å²) in [4.78, 5) is 14.2. The molecule has 6 nitrogen and oxygen atoms in total. The van der Waals surface area contributed by atoms with Crippen LogP contribution in [-0.4, -0.2) is 57.1 Å². The number of benzene rings is 1. The van der Waals surface area contributed by atoms with Gasteiger partial charge in [-0.15, -0.1) is 0 Å². The number of rotatable bonds is 3. The standard InChI is InChI=1S/C20H23N3O3/c1-22-11-15(10-21-22)7-8-19(25)23-12-18(24)20(14-23)9-17(13-26-20)16-5-3-2-4-6-16/h2-8,10-11,17-18,24H,9,12-14H2,1H3/b8-7+/t17-,18-,20-/m1/s1. The Kier molecular flexibility index (Phi) is 4.38. The Morgan fingerprint density at radius 1 is 1.38 bits per heavy atom. The predicted octanol–water partition coefficient (Wildman–Crippen LogP) is 1.58. The molecule has 0 unspecified atom stereocenters. The van der Waals surface area contributed by atoms with E-state index < -0.39 is 11.7 Å². The van der Waals surface area contributed by atoms with Crippen molar-refractivity contribution in [2.75, 3.05) is 19.7 Å². The van der Waals surface area contributed by atoms with E-state index in [1.807, 2.05) is 31.4 Å². The molecule has 3 atom stereocenters. The Morgan fingerprint density at radius 3 is 2.92 bits per heavy atom. The molecule has 2 aliphatic heterocycles. The van der Waals surface area contributed by atoms with Crippen molar-refractivity contribution < 1.29 is 14.6 Å². The van der Waals surface area contributed by atoms with Crippen LogP contribution in [0.4, 0.5) is 0 Å². The number of nitrogens with zero attached hydrogens (tertiary/aromatic N) is 3. The zero-order valence-corrected chi connectivity index (χ0v) is 14.8. The second-order valence-corrected chi connectivity index (χ2v) is 7.20. The maximum atomic E-state index is 12.5. The second-order valence-electron chi connectivity index (χ2n) is 7.20. The SMILES string of the molecule is Cn1cc(/C=C/C(=O)N2C[C@@H](O)[C@@]3(C[C@@H](c4ccccc4)CO3)C2)cn1. The van der Waals surface area contributed by atoms with Crippen LogP contribution in [0, 0.1) is 0 Å². The first-order valence-electron chi connectivity index (χ1n) is 8.88. The lowest BCUT2D eigenvalue weighted by atomic mass is 9.87. The first-order valence-corrected chi connectivity index (χ1v) is 8.88. The summed E-state index contributed by atoms with van der Waals surface area (Å²) in [7, 11) is 1.83. The number of aromatic nitrogens is 2. The van der Waals surface area contributed by atoms with Crippen molar-refractivity contribution in [3.63, 3.8) is 0 Å². The van der Waals surface area contributed by atoms with Gasteiger partial charge < -0.3 is 14.7 Å². The van der Waals surface area contributed by atoms with E-state index in [9.17, 15) is 9.90 Å². The third-order valence-corrected chi connectivity index (χ3v) is 5.35. The van der Waals surface area contributed by atoms with Gasteiger partial charge in [-0.3, -0.25) is 9.48 Å². The van der Waals surface area contributed by atoms with Gasteiger partial charge in [0.2, 0.25) is 5.91 Å². The number of aryl methyl sites for hydroxylation is 1. The zero-order chi connectivity index (χ0) is 18.1. The van der Waals surface area contributed by atoms with Crippen molar-refractivity contribution in [1.82, 2.24) is 14.7 Å². The topological polar surface area (TPSA) is 67.6 Å². The van der Waals surface area contributed by atoms with Crippen molar-refractivity contribution in [3.05, 3.63) is 59.9 Å². The van der Waals surface area contributed by atoms with E-state index in [4.69, 9.17) is 4.74 Å². The molecule has 1 spiro atoms. The number of aliphatic hydroxyl groups is 1. The maximum absolute atomic E-state index is 12.5. The minimum absolute atomic E-state index is 0.114. The van der Waals surface area contributed by atoms with Gasteiger partial charge in [0.05, 0.1) is 19.3 Å². The number of carbonyl (C=O) groups excluding carboxylic acids is 1. The maximum Gasteiger partial charge on any atom is 0.246 e. The van der Waals surface area contributed by atoms with Gasteiger partial charge in [-0.2, -0.15) is 5.10 Å². The molecular formula is C20H23N3O3. The van der Waals surface area contributed by atoms with E-state index >= 15 is 0 Å². The molecule has 6 heteroatoms. The first-order chi connectivity index (χ1) is 12.6. The minimum atomic E-state index is -0.660. The number of carbonyl (C=O) groups is 1. The summed E-state index contributed by atoms with van der Waals surface area (Å²) >= 11 is 0. The Bertz CT molecular complexity index is 817. The number of aliphatic hydroxyl groups excluding tert-OH is 1. The third-order valence-electron chi connectivity index (χ3n) is 5.35. The van der Waals surface area contributed by atoms with Gasteiger partial charge in [0.25, 0.3) is 0 Å². The van der Waals surface area contributed by atoms with Crippen LogP contribution >= 0.6 is 0 Å². The Balaban J connectivity index is 1.43. The molecule has 136 valence electrons. The van der Waals surface area contributed by atoms with Gasteiger partial charge in [-0.25, -0.2) is 0 Å². The van der Waals surface area contributed by atoms with Gasteiger partial charge in [-0.05, 0) is 18.1 Å². The molecule has 2 fully saturated rings. The van der Waals surface area contributed by atoms with E-state index in [2.05, 4.69) is 17.2 Å². The lowest BCUT2D eigenvalue weighted by molar-refractivity contribution is -0.126. The molecule has 1 N–H and O–H groups in total. The number of amides is 1. The summed E-state index contributed by atoms with van der Waals surface area (Å²) in [5.41, 5.74) is 1.44. The molecule has 1 aromatic carbocycles.